The number of nitrogens with one attached hydrogen (secondary N) is 1. The van der Waals surface area contributed by atoms with Crippen LogP contribution in [-0.4, -0.2) is 29.6 Å². The Labute approximate surface area is 110 Å². The fraction of sp³-hybridized carbons (Fsp3) is 0.385. The van der Waals surface area contributed by atoms with E-state index < -0.39 is 17.7 Å². The van der Waals surface area contributed by atoms with Gasteiger partial charge in [-0.25, -0.2) is 4.39 Å². The van der Waals surface area contributed by atoms with Crippen molar-refractivity contribution in [1.82, 2.24) is 5.32 Å². The second kappa shape index (κ2) is 6.72. The molecule has 104 valence electrons. The summed E-state index contributed by atoms with van der Waals surface area (Å²) in [6, 6.07) is 3.87. The molecule has 0 unspecified atom stereocenters. The molecule has 0 radical (unpaired) electrons. The highest BCUT2D eigenvalue weighted by molar-refractivity contribution is 5.94. The Morgan fingerprint density at radius 1 is 1.42 bits per heavy atom. The number of hydrogen-bond acceptors (Lipinski definition) is 3. The highest BCUT2D eigenvalue weighted by Gasteiger charge is 2.11. The molecule has 6 heteroatoms. The Bertz CT molecular complexity index is 474. The predicted molar refractivity (Wildman–Crippen MR) is 66.8 cm³/mol. The number of halogens is 1. The van der Waals surface area contributed by atoms with Crippen molar-refractivity contribution in [2.45, 2.75) is 26.4 Å². The molecule has 5 nitrogen and oxygen atoms in total. The first-order chi connectivity index (χ1) is 8.90. The summed E-state index contributed by atoms with van der Waals surface area (Å²) in [5, 5.41) is 10.8. The summed E-state index contributed by atoms with van der Waals surface area (Å²) in [6.45, 7) is 3.54. The van der Waals surface area contributed by atoms with E-state index in [-0.39, 0.29) is 30.4 Å². The van der Waals surface area contributed by atoms with E-state index >= 15 is 0 Å². The van der Waals surface area contributed by atoms with Crippen molar-refractivity contribution in [1.29, 1.82) is 0 Å². The molecule has 0 aliphatic rings. The zero-order valence-electron chi connectivity index (χ0n) is 10.8. The van der Waals surface area contributed by atoms with E-state index in [2.05, 4.69) is 5.32 Å². The normalized spacial score (nSPS) is 10.3. The van der Waals surface area contributed by atoms with Crippen LogP contribution in [0.15, 0.2) is 18.2 Å². The summed E-state index contributed by atoms with van der Waals surface area (Å²) in [7, 11) is 0. The first kappa shape index (κ1) is 14.9. The number of ether oxygens (including phenoxy) is 1. The molecular weight excluding hydrogens is 253 g/mol. The molecule has 1 aromatic carbocycles. The van der Waals surface area contributed by atoms with Crippen molar-refractivity contribution in [2.24, 2.45) is 0 Å². The second-order valence-corrected chi connectivity index (χ2v) is 4.21. The Kier molecular flexibility index (Phi) is 5.29. The molecule has 0 aromatic heterocycles. The molecule has 1 amide bonds. The lowest BCUT2D eigenvalue weighted by atomic mass is 10.2. The predicted octanol–water partition coefficient (Wildman–Crippen LogP) is 1.82. The molecule has 2 N–H and O–H groups in total. The van der Waals surface area contributed by atoms with Gasteiger partial charge in [0.1, 0.15) is 0 Å². The van der Waals surface area contributed by atoms with Crippen LogP contribution in [0.5, 0.6) is 5.75 Å². The van der Waals surface area contributed by atoms with Crippen molar-refractivity contribution < 1.29 is 23.8 Å². The van der Waals surface area contributed by atoms with Crippen LogP contribution in [0.4, 0.5) is 4.39 Å². The van der Waals surface area contributed by atoms with Gasteiger partial charge in [0.25, 0.3) is 5.91 Å². The molecule has 0 atom stereocenters. The van der Waals surface area contributed by atoms with Crippen LogP contribution in [0.2, 0.25) is 0 Å². The molecule has 1 aromatic rings. The van der Waals surface area contributed by atoms with Gasteiger partial charge in [0.15, 0.2) is 11.6 Å². The van der Waals surface area contributed by atoms with Gasteiger partial charge in [-0.1, -0.05) is 0 Å². The third-order valence-electron chi connectivity index (χ3n) is 2.18. The summed E-state index contributed by atoms with van der Waals surface area (Å²) < 4.78 is 18.8. The topological polar surface area (TPSA) is 75.6 Å². The lowest BCUT2D eigenvalue weighted by Crippen LogP contribution is -2.26. The Morgan fingerprint density at radius 3 is 2.63 bits per heavy atom. The molecule has 1 rings (SSSR count). The van der Waals surface area contributed by atoms with Crippen molar-refractivity contribution in [3.05, 3.63) is 29.6 Å². The lowest BCUT2D eigenvalue weighted by molar-refractivity contribution is -0.136. The SMILES string of the molecule is CC(C)Oc1ccc(C(=O)NCCC(=O)O)cc1F. The smallest absolute Gasteiger partial charge is 0.305 e. The van der Waals surface area contributed by atoms with Crippen LogP contribution in [0.3, 0.4) is 0 Å². The van der Waals surface area contributed by atoms with Crippen LogP contribution in [-0.2, 0) is 4.79 Å². The Balaban J connectivity index is 2.66. The van der Waals surface area contributed by atoms with Crippen LogP contribution >= 0.6 is 0 Å². The van der Waals surface area contributed by atoms with Gasteiger partial charge in [0, 0.05) is 12.1 Å². The molecule has 0 spiro atoms. The molecule has 19 heavy (non-hydrogen) atoms. The average molecular weight is 269 g/mol. The number of carbonyl (C=O) groups is 2. The highest BCUT2D eigenvalue weighted by atomic mass is 19.1. The van der Waals surface area contributed by atoms with E-state index in [1.807, 2.05) is 0 Å². The van der Waals surface area contributed by atoms with Gasteiger partial charge in [0.05, 0.1) is 12.5 Å². The summed E-state index contributed by atoms with van der Waals surface area (Å²) in [5.41, 5.74) is 0.124. The molecular formula is C13H16FNO4. The van der Waals surface area contributed by atoms with E-state index in [0.717, 1.165) is 6.07 Å². The quantitative estimate of drug-likeness (QED) is 0.826. The van der Waals surface area contributed by atoms with Gasteiger partial charge in [-0.3, -0.25) is 9.59 Å². The molecule has 0 heterocycles. The van der Waals surface area contributed by atoms with E-state index in [1.54, 1.807) is 13.8 Å². The van der Waals surface area contributed by atoms with Crippen LogP contribution < -0.4 is 10.1 Å². The minimum atomic E-state index is -1.01. The summed E-state index contributed by atoms with van der Waals surface area (Å²) >= 11 is 0. The summed E-state index contributed by atoms with van der Waals surface area (Å²) in [6.07, 6.45) is -0.340. The van der Waals surface area contributed by atoms with E-state index in [9.17, 15) is 14.0 Å². The van der Waals surface area contributed by atoms with Crippen molar-refractivity contribution >= 4 is 11.9 Å². The third-order valence-corrected chi connectivity index (χ3v) is 2.18. The average Bonchev–Trinajstić information content (AvgIpc) is 2.30. The number of carboxylic acid groups (broad SMARTS) is 1. The molecule has 0 aliphatic heterocycles. The molecule has 0 saturated heterocycles. The van der Waals surface area contributed by atoms with Gasteiger partial charge >= 0.3 is 5.97 Å². The first-order valence-electron chi connectivity index (χ1n) is 5.86. The lowest BCUT2D eigenvalue weighted by Gasteiger charge is -2.11. The van der Waals surface area contributed by atoms with E-state index in [0.29, 0.717) is 0 Å². The minimum Gasteiger partial charge on any atom is -0.488 e. The van der Waals surface area contributed by atoms with Gasteiger partial charge < -0.3 is 15.2 Å². The number of carboxylic acids is 1. The molecule has 0 bridgehead atoms. The van der Waals surface area contributed by atoms with Crippen LogP contribution in [0, 0.1) is 5.82 Å². The number of amides is 1. The maximum atomic E-state index is 13.6. The highest BCUT2D eigenvalue weighted by Crippen LogP contribution is 2.19. The maximum Gasteiger partial charge on any atom is 0.305 e. The molecule has 0 fully saturated rings. The monoisotopic (exact) mass is 269 g/mol. The van der Waals surface area contributed by atoms with Crippen LogP contribution in [0.1, 0.15) is 30.6 Å². The minimum absolute atomic E-state index is 0.0000310. The molecule has 0 aliphatic carbocycles. The second-order valence-electron chi connectivity index (χ2n) is 4.21. The molecule has 0 saturated carbocycles. The van der Waals surface area contributed by atoms with Crippen LogP contribution in [0.25, 0.3) is 0 Å². The first-order valence-corrected chi connectivity index (χ1v) is 5.86. The zero-order chi connectivity index (χ0) is 14.4. The maximum absolute atomic E-state index is 13.6. The number of aliphatic carboxylic acids is 1. The Hall–Kier alpha value is -2.11. The fourth-order valence-electron chi connectivity index (χ4n) is 1.38. The van der Waals surface area contributed by atoms with Gasteiger partial charge in [-0.2, -0.15) is 0 Å². The van der Waals surface area contributed by atoms with Gasteiger partial charge in [-0.15, -0.1) is 0 Å². The number of benzene rings is 1. The number of hydrogen-bond donors (Lipinski definition) is 2. The van der Waals surface area contributed by atoms with Gasteiger partial charge in [0.2, 0.25) is 0 Å². The number of carbonyl (C=O) groups excluding carboxylic acids is 1. The van der Waals surface area contributed by atoms with Crippen molar-refractivity contribution in [3.63, 3.8) is 0 Å². The fourth-order valence-corrected chi connectivity index (χ4v) is 1.38. The van der Waals surface area contributed by atoms with E-state index in [1.165, 1.54) is 12.1 Å². The third kappa shape index (κ3) is 4.95. The Morgan fingerprint density at radius 2 is 2.11 bits per heavy atom. The van der Waals surface area contributed by atoms with E-state index in [4.69, 9.17) is 9.84 Å². The van der Waals surface area contributed by atoms with Gasteiger partial charge in [-0.05, 0) is 32.0 Å². The zero-order valence-corrected chi connectivity index (χ0v) is 10.8. The summed E-state index contributed by atoms with van der Waals surface area (Å²) in [4.78, 5) is 21.9. The van der Waals surface area contributed by atoms with Crippen molar-refractivity contribution in [3.8, 4) is 5.75 Å². The largest absolute Gasteiger partial charge is 0.488 e. The summed E-state index contributed by atoms with van der Waals surface area (Å²) in [5.74, 6) is -2.07. The number of rotatable bonds is 6. The van der Waals surface area contributed by atoms with Crippen molar-refractivity contribution in [2.75, 3.05) is 6.54 Å². The standard InChI is InChI=1S/C13H16FNO4/c1-8(2)19-11-4-3-9(7-10(11)14)13(18)15-6-5-12(16)17/h3-4,7-8H,5-6H2,1-2H3,(H,15,18)(H,16,17).